The second-order valence-corrected chi connectivity index (χ2v) is 4.86. The van der Waals surface area contributed by atoms with Gasteiger partial charge in [0.1, 0.15) is 0 Å². The third kappa shape index (κ3) is 1.89. The molecule has 1 aliphatic heterocycles. The molecule has 2 aliphatic rings. The molecule has 1 fully saturated rings. The SMILES string of the molecule is NC1=CC(CNC2CC2)=NS1(=O)=O. The maximum Gasteiger partial charge on any atom is 0.297 e. The molecule has 72 valence electrons. The van der Waals surface area contributed by atoms with Gasteiger partial charge in [-0.05, 0) is 18.9 Å². The van der Waals surface area contributed by atoms with Crippen molar-refractivity contribution in [2.24, 2.45) is 10.1 Å². The standard InChI is InChI=1S/C7H11N3O2S/c8-7-3-6(10-13(7,11)12)4-9-5-1-2-5/h3,5,9H,1-2,4,8H2. The monoisotopic (exact) mass is 201 g/mol. The van der Waals surface area contributed by atoms with Gasteiger partial charge in [0, 0.05) is 12.6 Å². The van der Waals surface area contributed by atoms with Crippen molar-refractivity contribution in [2.75, 3.05) is 6.54 Å². The Morgan fingerprint density at radius 3 is 2.77 bits per heavy atom. The van der Waals surface area contributed by atoms with Gasteiger partial charge < -0.3 is 11.1 Å². The zero-order chi connectivity index (χ0) is 9.47. The van der Waals surface area contributed by atoms with Crippen molar-refractivity contribution in [3.05, 3.63) is 11.1 Å². The molecule has 0 spiro atoms. The van der Waals surface area contributed by atoms with Crippen LogP contribution in [0.15, 0.2) is 15.5 Å². The highest BCUT2D eigenvalue weighted by Gasteiger charge is 2.24. The molecule has 5 nitrogen and oxygen atoms in total. The van der Waals surface area contributed by atoms with Crippen molar-refractivity contribution in [1.29, 1.82) is 0 Å². The molecule has 0 aromatic carbocycles. The Labute approximate surface area is 76.8 Å². The zero-order valence-electron chi connectivity index (χ0n) is 7.03. The van der Waals surface area contributed by atoms with Crippen LogP contribution in [0.25, 0.3) is 0 Å². The molecule has 2 rings (SSSR count). The largest absolute Gasteiger partial charge is 0.388 e. The first-order valence-electron chi connectivity index (χ1n) is 4.12. The van der Waals surface area contributed by atoms with Crippen LogP contribution in [-0.4, -0.2) is 26.7 Å². The van der Waals surface area contributed by atoms with Gasteiger partial charge in [0.15, 0.2) is 5.03 Å². The summed E-state index contributed by atoms with van der Waals surface area (Å²) >= 11 is 0. The maximum atomic E-state index is 11.0. The van der Waals surface area contributed by atoms with Crippen molar-refractivity contribution in [3.63, 3.8) is 0 Å². The van der Waals surface area contributed by atoms with Gasteiger partial charge in [0.25, 0.3) is 10.0 Å². The molecular formula is C7H11N3O2S. The quantitative estimate of drug-likeness (QED) is 0.633. The lowest BCUT2D eigenvalue weighted by molar-refractivity contribution is 0.604. The number of nitrogens with two attached hydrogens (primary N) is 1. The van der Waals surface area contributed by atoms with Gasteiger partial charge in [-0.1, -0.05) is 0 Å². The molecule has 13 heavy (non-hydrogen) atoms. The van der Waals surface area contributed by atoms with E-state index in [9.17, 15) is 8.42 Å². The molecule has 1 aliphatic carbocycles. The number of nitrogens with one attached hydrogen (secondary N) is 1. The van der Waals surface area contributed by atoms with E-state index in [0.29, 0.717) is 18.3 Å². The summed E-state index contributed by atoms with van der Waals surface area (Å²) in [5.74, 6) is 0. The summed E-state index contributed by atoms with van der Waals surface area (Å²) in [6.07, 6.45) is 3.74. The molecule has 3 N–H and O–H groups in total. The molecule has 0 aromatic heterocycles. The minimum absolute atomic E-state index is 0.153. The average molecular weight is 201 g/mol. The van der Waals surface area contributed by atoms with Crippen molar-refractivity contribution in [3.8, 4) is 0 Å². The highest BCUT2D eigenvalue weighted by Crippen LogP contribution is 2.19. The smallest absolute Gasteiger partial charge is 0.297 e. The second kappa shape index (κ2) is 2.81. The molecule has 0 saturated heterocycles. The van der Waals surface area contributed by atoms with Crippen molar-refractivity contribution in [1.82, 2.24) is 5.32 Å². The summed E-state index contributed by atoms with van der Waals surface area (Å²) in [5, 5.41) is 3.01. The van der Waals surface area contributed by atoms with Crippen LogP contribution >= 0.6 is 0 Å². The Balaban J connectivity index is 2.01. The van der Waals surface area contributed by atoms with Gasteiger partial charge in [-0.2, -0.15) is 12.8 Å². The Hall–Kier alpha value is -0.880. The van der Waals surface area contributed by atoms with Gasteiger partial charge >= 0.3 is 0 Å². The van der Waals surface area contributed by atoms with E-state index >= 15 is 0 Å². The summed E-state index contributed by atoms with van der Waals surface area (Å²) in [7, 11) is -3.51. The first-order chi connectivity index (χ1) is 6.08. The predicted molar refractivity (Wildman–Crippen MR) is 49.6 cm³/mol. The predicted octanol–water partition coefficient (Wildman–Crippen LogP) is -0.677. The molecule has 1 saturated carbocycles. The number of hydrogen-bond acceptors (Lipinski definition) is 4. The number of rotatable bonds is 3. The van der Waals surface area contributed by atoms with E-state index in [0.717, 1.165) is 0 Å². The van der Waals surface area contributed by atoms with Crippen molar-refractivity contribution >= 4 is 15.7 Å². The molecule has 0 bridgehead atoms. The first-order valence-corrected chi connectivity index (χ1v) is 5.56. The van der Waals surface area contributed by atoms with Crippen molar-refractivity contribution < 1.29 is 8.42 Å². The van der Waals surface area contributed by atoms with Crippen LogP contribution in [0, 0.1) is 0 Å². The maximum absolute atomic E-state index is 11.0. The Kier molecular flexibility index (Phi) is 1.88. The Bertz CT molecular complexity index is 379. The lowest BCUT2D eigenvalue weighted by Gasteiger charge is -1.97. The van der Waals surface area contributed by atoms with Crippen LogP contribution in [0.3, 0.4) is 0 Å². The number of sulfonamides is 1. The first kappa shape index (κ1) is 8.71. The topological polar surface area (TPSA) is 84.5 Å². The van der Waals surface area contributed by atoms with E-state index in [-0.39, 0.29) is 5.03 Å². The molecule has 0 radical (unpaired) electrons. The lowest BCUT2D eigenvalue weighted by atomic mass is 10.3. The highest BCUT2D eigenvalue weighted by molar-refractivity contribution is 7.94. The molecule has 0 aromatic rings. The minimum Gasteiger partial charge on any atom is -0.388 e. The third-order valence-corrected chi connectivity index (χ3v) is 3.18. The molecule has 1 heterocycles. The molecule has 0 unspecified atom stereocenters. The van der Waals surface area contributed by atoms with Crippen molar-refractivity contribution in [2.45, 2.75) is 18.9 Å². The Morgan fingerprint density at radius 1 is 1.62 bits per heavy atom. The fourth-order valence-electron chi connectivity index (χ4n) is 1.09. The van der Waals surface area contributed by atoms with Gasteiger partial charge in [0.05, 0.1) is 5.71 Å². The van der Waals surface area contributed by atoms with E-state index in [2.05, 4.69) is 9.71 Å². The van der Waals surface area contributed by atoms with E-state index in [1.165, 1.54) is 18.9 Å². The summed E-state index contributed by atoms with van der Waals surface area (Å²) < 4.78 is 25.6. The molecule has 0 atom stereocenters. The van der Waals surface area contributed by atoms with Gasteiger partial charge in [-0.25, -0.2) is 0 Å². The molecule has 0 amide bonds. The minimum atomic E-state index is -3.51. The van der Waals surface area contributed by atoms with E-state index in [1.807, 2.05) is 0 Å². The second-order valence-electron chi connectivity index (χ2n) is 3.26. The number of nitrogens with zero attached hydrogens (tertiary/aromatic N) is 1. The van der Waals surface area contributed by atoms with Crippen LogP contribution in [0.5, 0.6) is 0 Å². The Morgan fingerprint density at radius 2 is 2.31 bits per heavy atom. The van der Waals surface area contributed by atoms with Gasteiger partial charge in [-0.15, -0.1) is 0 Å². The van der Waals surface area contributed by atoms with Crippen LogP contribution in [-0.2, 0) is 10.0 Å². The van der Waals surface area contributed by atoms with Crippen LogP contribution in [0.1, 0.15) is 12.8 Å². The summed E-state index contributed by atoms with van der Waals surface area (Å²) in [5.41, 5.74) is 5.76. The summed E-state index contributed by atoms with van der Waals surface area (Å²) in [6.45, 7) is 0.491. The van der Waals surface area contributed by atoms with Crippen LogP contribution in [0.2, 0.25) is 0 Å². The fourth-order valence-corrected chi connectivity index (χ4v) is 1.91. The average Bonchev–Trinajstić information content (AvgIpc) is 2.78. The fraction of sp³-hybridized carbons (Fsp3) is 0.571. The van der Waals surface area contributed by atoms with Crippen LogP contribution in [0.4, 0.5) is 0 Å². The van der Waals surface area contributed by atoms with E-state index < -0.39 is 10.0 Å². The van der Waals surface area contributed by atoms with E-state index in [1.54, 1.807) is 0 Å². The lowest BCUT2D eigenvalue weighted by Crippen LogP contribution is -2.23. The molecule has 6 heteroatoms. The van der Waals surface area contributed by atoms with E-state index in [4.69, 9.17) is 5.73 Å². The van der Waals surface area contributed by atoms with Gasteiger partial charge in [0.2, 0.25) is 0 Å². The summed E-state index contributed by atoms with van der Waals surface area (Å²) in [6, 6.07) is 0.542. The highest BCUT2D eigenvalue weighted by atomic mass is 32.2. The van der Waals surface area contributed by atoms with Crippen LogP contribution < -0.4 is 11.1 Å². The third-order valence-electron chi connectivity index (χ3n) is 1.99. The van der Waals surface area contributed by atoms with Gasteiger partial charge in [-0.3, -0.25) is 0 Å². The summed E-state index contributed by atoms with van der Waals surface area (Å²) in [4.78, 5) is 0. The molecular weight excluding hydrogens is 190 g/mol. The zero-order valence-corrected chi connectivity index (χ0v) is 7.84. The normalized spacial score (nSPS) is 25.5. The number of hydrogen-bond donors (Lipinski definition) is 2.